The largest absolute Gasteiger partial charge is 0.361 e. The Bertz CT molecular complexity index is 577. The molecule has 2 aromatic rings. The molecular weight excluding hydrogens is 254 g/mol. The monoisotopic (exact) mass is 263 g/mol. The van der Waals surface area contributed by atoms with Crippen LogP contribution in [0.15, 0.2) is 37.3 Å². The quantitative estimate of drug-likeness (QED) is 0.846. The van der Waals surface area contributed by atoms with Gasteiger partial charge in [0.05, 0.1) is 12.3 Å². The molecule has 0 aliphatic carbocycles. The topological polar surface area (TPSA) is 85.2 Å². The van der Waals surface area contributed by atoms with Crippen LogP contribution in [-0.4, -0.2) is 15.9 Å². The predicted molar refractivity (Wildman–Crippen MR) is 63.2 cm³/mol. The van der Waals surface area contributed by atoms with Crippen molar-refractivity contribution in [2.24, 2.45) is 15.2 Å². The van der Waals surface area contributed by atoms with Crippen LogP contribution >= 0.6 is 11.5 Å². The van der Waals surface area contributed by atoms with Gasteiger partial charge in [-0.3, -0.25) is 0 Å². The Morgan fingerprint density at radius 3 is 3.06 bits per heavy atom. The summed E-state index contributed by atoms with van der Waals surface area (Å²) in [5, 5.41) is 13.5. The second-order valence-corrected chi connectivity index (χ2v) is 4.34. The number of rotatable bonds is 4. The van der Waals surface area contributed by atoms with Gasteiger partial charge in [0.15, 0.2) is 5.69 Å². The van der Waals surface area contributed by atoms with Gasteiger partial charge in [0, 0.05) is 11.4 Å². The molecule has 0 saturated heterocycles. The molecule has 0 bridgehead atoms. The summed E-state index contributed by atoms with van der Waals surface area (Å²) in [6.45, 7) is 2.08. The van der Waals surface area contributed by atoms with Crippen LogP contribution in [0.2, 0.25) is 0 Å². The van der Waals surface area contributed by atoms with E-state index < -0.39 is 5.85 Å². The number of ether oxygens (including phenoxy) is 1. The number of aryl methyl sites for hydroxylation is 1. The summed E-state index contributed by atoms with van der Waals surface area (Å²) in [6, 6.07) is 3.60. The fraction of sp³-hybridized carbons (Fsp3) is 0.300. The molecule has 1 unspecified atom stereocenters. The zero-order chi connectivity index (χ0) is 12.4. The summed E-state index contributed by atoms with van der Waals surface area (Å²) < 4.78 is 14.9. The van der Waals surface area contributed by atoms with Gasteiger partial charge in [0.2, 0.25) is 0 Å². The normalized spacial score (nSPS) is 21.8. The number of hydrogen-bond donors (Lipinski definition) is 0. The Labute approximate surface area is 106 Å². The Balaban J connectivity index is 1.84. The van der Waals surface area contributed by atoms with Crippen molar-refractivity contribution in [3.05, 3.63) is 34.7 Å². The zero-order valence-electron chi connectivity index (χ0n) is 9.48. The van der Waals surface area contributed by atoms with E-state index in [1.807, 2.05) is 11.4 Å². The van der Waals surface area contributed by atoms with Crippen LogP contribution in [0.4, 0.5) is 0 Å². The number of aliphatic imine (C=N–C) groups is 1. The average molecular weight is 263 g/mol. The van der Waals surface area contributed by atoms with E-state index in [0.29, 0.717) is 11.5 Å². The first kappa shape index (κ1) is 11.2. The van der Waals surface area contributed by atoms with Crippen molar-refractivity contribution in [3.63, 3.8) is 0 Å². The van der Waals surface area contributed by atoms with Crippen LogP contribution in [0.3, 0.4) is 0 Å². The van der Waals surface area contributed by atoms with Gasteiger partial charge in [-0.2, -0.15) is 4.37 Å². The summed E-state index contributed by atoms with van der Waals surface area (Å²) in [5.41, 5.74) is 1.30. The van der Waals surface area contributed by atoms with E-state index in [-0.39, 0.29) is 6.61 Å². The lowest BCUT2D eigenvalue weighted by Gasteiger charge is -2.17. The number of azo groups is 1. The molecule has 0 N–H and O–H groups in total. The molecule has 0 fully saturated rings. The number of aromatic nitrogens is 2. The summed E-state index contributed by atoms with van der Waals surface area (Å²) in [7, 11) is 0. The predicted octanol–water partition coefficient (Wildman–Crippen LogP) is 2.26. The van der Waals surface area contributed by atoms with Crippen molar-refractivity contribution in [3.8, 4) is 0 Å². The molecule has 1 aliphatic heterocycles. The van der Waals surface area contributed by atoms with Crippen molar-refractivity contribution in [1.82, 2.24) is 9.53 Å². The van der Waals surface area contributed by atoms with Gasteiger partial charge in [0.1, 0.15) is 12.1 Å². The van der Waals surface area contributed by atoms with Gasteiger partial charge >= 0.3 is 5.85 Å². The Morgan fingerprint density at radius 1 is 1.50 bits per heavy atom. The SMILES string of the molecule is Cc1cc(C2(OCc3ccsn3)N=CN=N2)no1. The number of nitrogens with zero attached hydrogens (tertiary/aromatic N) is 5. The first-order valence-electron chi connectivity index (χ1n) is 5.21. The lowest BCUT2D eigenvalue weighted by atomic mass is 10.3. The molecule has 0 amide bonds. The Kier molecular flexibility index (Phi) is 2.73. The van der Waals surface area contributed by atoms with Gasteiger partial charge in [-0.25, -0.2) is 4.99 Å². The highest BCUT2D eigenvalue weighted by molar-refractivity contribution is 7.03. The van der Waals surface area contributed by atoms with Crippen molar-refractivity contribution < 1.29 is 9.26 Å². The molecule has 0 spiro atoms. The van der Waals surface area contributed by atoms with E-state index in [1.54, 1.807) is 13.0 Å². The average Bonchev–Trinajstić information content (AvgIpc) is 3.08. The van der Waals surface area contributed by atoms with Gasteiger partial charge in [-0.05, 0) is 24.5 Å². The molecule has 8 heteroatoms. The van der Waals surface area contributed by atoms with Gasteiger partial charge in [0.25, 0.3) is 0 Å². The number of hydrogen-bond acceptors (Lipinski definition) is 8. The van der Waals surface area contributed by atoms with Gasteiger partial charge in [-0.1, -0.05) is 5.16 Å². The van der Waals surface area contributed by atoms with Crippen molar-refractivity contribution in [1.29, 1.82) is 0 Å². The smallest absolute Gasteiger partial charge is 0.325 e. The minimum Gasteiger partial charge on any atom is -0.361 e. The second kappa shape index (κ2) is 4.39. The van der Waals surface area contributed by atoms with E-state index in [1.165, 1.54) is 17.9 Å². The molecule has 3 heterocycles. The maximum Gasteiger partial charge on any atom is 0.325 e. The third-order valence-corrected chi connectivity index (χ3v) is 2.95. The van der Waals surface area contributed by atoms with E-state index in [9.17, 15) is 0 Å². The van der Waals surface area contributed by atoms with E-state index in [0.717, 1.165) is 5.69 Å². The minimum atomic E-state index is -1.23. The molecule has 0 radical (unpaired) electrons. The van der Waals surface area contributed by atoms with Gasteiger partial charge in [-0.15, -0.1) is 10.2 Å². The van der Waals surface area contributed by atoms with E-state index in [2.05, 4.69) is 24.8 Å². The molecule has 7 nitrogen and oxygen atoms in total. The van der Waals surface area contributed by atoms with Crippen LogP contribution in [0.25, 0.3) is 0 Å². The van der Waals surface area contributed by atoms with Crippen molar-refractivity contribution in [2.75, 3.05) is 0 Å². The second-order valence-electron chi connectivity index (χ2n) is 3.67. The summed E-state index contributed by atoms with van der Waals surface area (Å²) in [5.74, 6) is -0.569. The van der Waals surface area contributed by atoms with Crippen LogP contribution in [-0.2, 0) is 17.2 Å². The van der Waals surface area contributed by atoms with Crippen LogP contribution in [0.5, 0.6) is 0 Å². The minimum absolute atomic E-state index is 0.283. The van der Waals surface area contributed by atoms with Crippen molar-refractivity contribution in [2.45, 2.75) is 19.4 Å². The standard InChI is InChI=1S/C10H9N5O2S/c1-7-4-9(13-17-7)10(11-6-12-15-10)16-5-8-2-3-18-14-8/h2-4,6H,5H2,1H3. The summed E-state index contributed by atoms with van der Waals surface area (Å²) >= 11 is 1.36. The Morgan fingerprint density at radius 2 is 2.44 bits per heavy atom. The lowest BCUT2D eigenvalue weighted by Crippen LogP contribution is -2.23. The third-order valence-electron chi connectivity index (χ3n) is 2.35. The molecule has 92 valence electrons. The molecule has 3 rings (SSSR count). The zero-order valence-corrected chi connectivity index (χ0v) is 10.3. The fourth-order valence-corrected chi connectivity index (χ4v) is 2.03. The molecule has 2 aromatic heterocycles. The maximum atomic E-state index is 5.70. The van der Waals surface area contributed by atoms with Crippen LogP contribution in [0.1, 0.15) is 17.1 Å². The summed E-state index contributed by atoms with van der Waals surface area (Å²) in [6.07, 6.45) is 1.34. The maximum absolute atomic E-state index is 5.70. The molecule has 0 saturated carbocycles. The van der Waals surface area contributed by atoms with E-state index >= 15 is 0 Å². The third kappa shape index (κ3) is 1.95. The highest BCUT2D eigenvalue weighted by Crippen LogP contribution is 2.32. The first-order valence-corrected chi connectivity index (χ1v) is 6.05. The molecule has 1 aliphatic rings. The van der Waals surface area contributed by atoms with Crippen LogP contribution < -0.4 is 0 Å². The molecular formula is C10H9N5O2S. The van der Waals surface area contributed by atoms with Crippen LogP contribution in [0, 0.1) is 6.92 Å². The highest BCUT2D eigenvalue weighted by Gasteiger charge is 2.38. The summed E-state index contributed by atoms with van der Waals surface area (Å²) in [4.78, 5) is 4.12. The van der Waals surface area contributed by atoms with Crippen molar-refractivity contribution >= 4 is 17.9 Å². The molecule has 18 heavy (non-hydrogen) atoms. The lowest BCUT2D eigenvalue weighted by molar-refractivity contribution is -0.0552. The fourth-order valence-electron chi connectivity index (χ4n) is 1.50. The molecule has 1 atom stereocenters. The highest BCUT2D eigenvalue weighted by atomic mass is 32.1. The van der Waals surface area contributed by atoms with Gasteiger partial charge < -0.3 is 9.26 Å². The Hall–Kier alpha value is -1.93. The van der Waals surface area contributed by atoms with E-state index in [4.69, 9.17) is 9.26 Å². The molecule has 0 aromatic carbocycles. The first-order chi connectivity index (χ1) is 8.78.